The molecule has 0 saturated heterocycles. The van der Waals surface area contributed by atoms with Gasteiger partial charge in [0.05, 0.1) is 23.3 Å². The number of aromatic nitrogens is 2. The van der Waals surface area contributed by atoms with E-state index in [4.69, 9.17) is 4.74 Å². The van der Waals surface area contributed by atoms with E-state index >= 15 is 0 Å². The second-order valence-corrected chi connectivity index (χ2v) is 10.3. The Hall–Kier alpha value is -3.14. The highest BCUT2D eigenvalue weighted by Gasteiger charge is 2.48. The van der Waals surface area contributed by atoms with E-state index in [1.54, 1.807) is 37.8 Å². The number of hydrogen-bond donors (Lipinski definition) is 1. The van der Waals surface area contributed by atoms with E-state index in [0.717, 1.165) is 36.8 Å². The number of cyclic esters (lactones) is 1. The molecular weight excluding hydrogens is 433 g/mol. The summed E-state index contributed by atoms with van der Waals surface area (Å²) in [6, 6.07) is 7.13. The van der Waals surface area contributed by atoms with Gasteiger partial charge in [0.15, 0.2) is 0 Å². The molecule has 1 aromatic carbocycles. The number of carbonyl (C=O) groups excluding carboxylic acids is 1. The maximum Gasteiger partial charge on any atom is 0.338 e. The minimum Gasteiger partial charge on any atom is -0.512 e. The number of esters is 1. The SMILES string of the molecule is Cn1cc(CC2=C(O)CC(CCc3ccc(C(C)(C)C#N)c(F)c3)(C3CCCC3)OC2=O)cn1. The van der Waals surface area contributed by atoms with Gasteiger partial charge in [0.25, 0.3) is 0 Å². The van der Waals surface area contributed by atoms with Crippen molar-refractivity contribution in [2.45, 2.75) is 76.2 Å². The van der Waals surface area contributed by atoms with Crippen LogP contribution in [-0.4, -0.2) is 26.5 Å². The average Bonchev–Trinajstić information content (AvgIpc) is 3.47. The van der Waals surface area contributed by atoms with Gasteiger partial charge < -0.3 is 9.84 Å². The van der Waals surface area contributed by atoms with E-state index in [2.05, 4.69) is 11.2 Å². The van der Waals surface area contributed by atoms with E-state index in [0.29, 0.717) is 18.4 Å². The van der Waals surface area contributed by atoms with Crippen molar-refractivity contribution in [3.8, 4) is 6.07 Å². The number of nitriles is 1. The van der Waals surface area contributed by atoms with Crippen LogP contribution in [0.1, 0.15) is 69.1 Å². The van der Waals surface area contributed by atoms with Crippen LogP contribution in [0.5, 0.6) is 0 Å². The topological polar surface area (TPSA) is 88.1 Å². The fourth-order valence-electron chi connectivity index (χ4n) is 5.39. The van der Waals surface area contributed by atoms with Gasteiger partial charge in [-0.05, 0) is 62.6 Å². The Balaban J connectivity index is 1.56. The molecule has 1 aliphatic heterocycles. The van der Waals surface area contributed by atoms with Crippen molar-refractivity contribution in [2.24, 2.45) is 13.0 Å². The van der Waals surface area contributed by atoms with E-state index in [1.807, 2.05) is 12.3 Å². The maximum atomic E-state index is 14.8. The monoisotopic (exact) mass is 465 g/mol. The van der Waals surface area contributed by atoms with Crippen LogP contribution in [0, 0.1) is 23.1 Å². The number of aliphatic hydroxyl groups excluding tert-OH is 1. The van der Waals surface area contributed by atoms with Gasteiger partial charge in [-0.3, -0.25) is 4.68 Å². The van der Waals surface area contributed by atoms with Crippen LogP contribution in [0.3, 0.4) is 0 Å². The molecule has 7 heteroatoms. The molecule has 1 N–H and O–H groups in total. The normalized spacial score (nSPS) is 21.6. The van der Waals surface area contributed by atoms with E-state index in [1.165, 1.54) is 6.07 Å². The van der Waals surface area contributed by atoms with Crippen molar-refractivity contribution >= 4 is 5.97 Å². The molecule has 0 amide bonds. The fraction of sp³-hybridized carbons (Fsp3) is 0.519. The zero-order chi connectivity index (χ0) is 24.5. The molecule has 0 bridgehead atoms. The summed E-state index contributed by atoms with van der Waals surface area (Å²) in [6.45, 7) is 3.39. The summed E-state index contributed by atoms with van der Waals surface area (Å²) in [5.41, 5.74) is 0.577. The number of benzene rings is 1. The maximum absolute atomic E-state index is 14.8. The summed E-state index contributed by atoms with van der Waals surface area (Å²) in [5.74, 6) is -0.623. The molecule has 0 spiro atoms. The van der Waals surface area contributed by atoms with E-state index < -0.39 is 22.8 Å². The molecule has 2 aromatic rings. The largest absolute Gasteiger partial charge is 0.512 e. The zero-order valence-corrected chi connectivity index (χ0v) is 20.1. The van der Waals surface area contributed by atoms with Crippen LogP contribution in [-0.2, 0) is 34.8 Å². The molecule has 1 aliphatic carbocycles. The van der Waals surface area contributed by atoms with E-state index in [-0.39, 0.29) is 30.1 Å². The number of carbonyl (C=O) groups is 1. The quantitative estimate of drug-likeness (QED) is 0.566. The molecule has 1 unspecified atom stereocenters. The predicted molar refractivity (Wildman–Crippen MR) is 125 cm³/mol. The smallest absolute Gasteiger partial charge is 0.338 e. The Morgan fingerprint density at radius 2 is 2.06 bits per heavy atom. The van der Waals surface area contributed by atoms with Crippen LogP contribution in [0.2, 0.25) is 0 Å². The third-order valence-corrected chi connectivity index (χ3v) is 7.42. The molecule has 34 heavy (non-hydrogen) atoms. The summed E-state index contributed by atoms with van der Waals surface area (Å²) < 4.78 is 22.6. The predicted octanol–water partition coefficient (Wildman–Crippen LogP) is 5.22. The van der Waals surface area contributed by atoms with Gasteiger partial charge in [0.1, 0.15) is 17.2 Å². The van der Waals surface area contributed by atoms with Crippen molar-refractivity contribution in [3.05, 3.63) is 64.4 Å². The molecule has 1 atom stereocenters. The van der Waals surface area contributed by atoms with Gasteiger partial charge in [-0.1, -0.05) is 25.0 Å². The first-order valence-electron chi connectivity index (χ1n) is 12.0. The Morgan fingerprint density at radius 3 is 2.65 bits per heavy atom. The number of halogens is 1. The van der Waals surface area contributed by atoms with Crippen LogP contribution in [0.15, 0.2) is 41.9 Å². The molecule has 1 fully saturated rings. The van der Waals surface area contributed by atoms with Crippen LogP contribution < -0.4 is 0 Å². The summed E-state index contributed by atoms with van der Waals surface area (Å²) >= 11 is 0. The molecule has 0 radical (unpaired) electrons. The highest BCUT2D eigenvalue weighted by atomic mass is 19.1. The third-order valence-electron chi connectivity index (χ3n) is 7.42. The second kappa shape index (κ2) is 9.25. The van der Waals surface area contributed by atoms with Crippen molar-refractivity contribution < 1.29 is 19.0 Å². The lowest BCUT2D eigenvalue weighted by Crippen LogP contribution is -2.46. The summed E-state index contributed by atoms with van der Waals surface area (Å²) in [4.78, 5) is 13.1. The number of aryl methyl sites for hydroxylation is 2. The van der Waals surface area contributed by atoms with Gasteiger partial charge in [-0.25, -0.2) is 9.18 Å². The van der Waals surface area contributed by atoms with Crippen LogP contribution in [0.4, 0.5) is 4.39 Å². The standard InChI is InChI=1S/C27H32FN3O3/c1-26(2,17-29)22-9-8-18(13-23(22)28)10-11-27(20-6-4-5-7-20)14-24(32)21(25(33)34-27)12-19-15-30-31(3)16-19/h8-9,13,15-16,20,32H,4-7,10-12,14H2,1-3H3. The molecule has 1 saturated carbocycles. The van der Waals surface area contributed by atoms with Crippen molar-refractivity contribution in [1.82, 2.24) is 9.78 Å². The van der Waals surface area contributed by atoms with Crippen molar-refractivity contribution in [2.75, 3.05) is 0 Å². The van der Waals surface area contributed by atoms with Crippen LogP contribution >= 0.6 is 0 Å². The minimum absolute atomic E-state index is 0.0873. The first-order chi connectivity index (χ1) is 16.1. The summed E-state index contributed by atoms with van der Waals surface area (Å²) in [6.07, 6.45) is 9.11. The minimum atomic E-state index is -0.909. The van der Waals surface area contributed by atoms with Gasteiger partial charge in [0.2, 0.25) is 0 Å². The number of hydrogen-bond acceptors (Lipinski definition) is 5. The first kappa shape index (κ1) is 24.0. The average molecular weight is 466 g/mol. The summed E-state index contributed by atoms with van der Waals surface area (Å²) in [7, 11) is 1.80. The van der Waals surface area contributed by atoms with Crippen LogP contribution in [0.25, 0.3) is 0 Å². The summed E-state index contributed by atoms with van der Waals surface area (Å²) in [5, 5.41) is 24.4. The molecular formula is C27H32FN3O3. The van der Waals surface area contributed by atoms with Gasteiger partial charge >= 0.3 is 5.97 Å². The number of ether oxygens (including phenoxy) is 1. The molecule has 6 nitrogen and oxygen atoms in total. The molecule has 2 aliphatic rings. The Bertz CT molecular complexity index is 1150. The lowest BCUT2D eigenvalue weighted by atomic mass is 9.76. The second-order valence-electron chi connectivity index (χ2n) is 10.3. The third kappa shape index (κ3) is 4.72. The Labute approximate surface area is 200 Å². The molecule has 1 aromatic heterocycles. The van der Waals surface area contributed by atoms with E-state index in [9.17, 15) is 19.6 Å². The van der Waals surface area contributed by atoms with Gasteiger partial charge in [-0.15, -0.1) is 0 Å². The first-order valence-corrected chi connectivity index (χ1v) is 12.0. The number of aliphatic hydroxyl groups is 1. The number of rotatable bonds is 7. The van der Waals surface area contributed by atoms with Crippen molar-refractivity contribution in [3.63, 3.8) is 0 Å². The van der Waals surface area contributed by atoms with Gasteiger partial charge in [-0.2, -0.15) is 10.4 Å². The van der Waals surface area contributed by atoms with Gasteiger partial charge in [0, 0.05) is 31.6 Å². The molecule has 2 heterocycles. The van der Waals surface area contributed by atoms with Crippen molar-refractivity contribution in [1.29, 1.82) is 5.26 Å². The Morgan fingerprint density at radius 1 is 1.32 bits per heavy atom. The number of nitrogens with zero attached hydrogens (tertiary/aromatic N) is 3. The molecule has 180 valence electrons. The lowest BCUT2D eigenvalue weighted by molar-refractivity contribution is -0.167. The highest BCUT2D eigenvalue weighted by molar-refractivity contribution is 5.90. The highest BCUT2D eigenvalue weighted by Crippen LogP contribution is 2.46. The Kier molecular flexibility index (Phi) is 6.53. The molecule has 4 rings (SSSR count). The lowest BCUT2D eigenvalue weighted by Gasteiger charge is -2.42. The fourth-order valence-corrected chi connectivity index (χ4v) is 5.39. The zero-order valence-electron chi connectivity index (χ0n) is 20.1.